The monoisotopic (exact) mass is 622 g/mol. The van der Waals surface area contributed by atoms with Crippen molar-refractivity contribution >= 4 is 27.1 Å². The van der Waals surface area contributed by atoms with Gasteiger partial charge >= 0.3 is 6.18 Å². The van der Waals surface area contributed by atoms with E-state index in [-0.39, 0.29) is 11.4 Å². The van der Waals surface area contributed by atoms with Crippen LogP contribution >= 0.6 is 0 Å². The fraction of sp³-hybridized carbons (Fsp3) is 0.188. The molecular weight excluding hydrogens is 593 g/mol. The lowest BCUT2D eigenvalue weighted by atomic mass is 10.1. The molecule has 1 unspecified atom stereocenters. The molecule has 3 N–H and O–H groups in total. The molecule has 0 spiro atoms. The van der Waals surface area contributed by atoms with Gasteiger partial charge in [-0.25, -0.2) is 8.42 Å². The first-order valence-corrected chi connectivity index (χ1v) is 15.2. The number of benzene rings is 3. The molecule has 44 heavy (non-hydrogen) atoms. The van der Waals surface area contributed by atoms with Gasteiger partial charge < -0.3 is 15.6 Å². The van der Waals surface area contributed by atoms with Crippen LogP contribution in [0, 0.1) is 5.21 Å². The van der Waals surface area contributed by atoms with Gasteiger partial charge in [0.15, 0.2) is 12.4 Å². The highest BCUT2D eigenvalue weighted by Gasteiger charge is 2.30. The quantitative estimate of drug-likeness (QED) is 0.120. The Balaban J connectivity index is 1.13. The zero-order chi connectivity index (χ0) is 31.3. The fourth-order valence-electron chi connectivity index (χ4n) is 4.66. The highest BCUT2D eigenvalue weighted by atomic mass is 32.2. The van der Waals surface area contributed by atoms with Gasteiger partial charge in [0, 0.05) is 30.3 Å². The Kier molecular flexibility index (Phi) is 9.14. The van der Waals surface area contributed by atoms with Gasteiger partial charge in [0.25, 0.3) is 10.0 Å². The number of aliphatic imine (C=N–C) groups is 1. The normalized spacial score (nSPS) is 14.2. The second-order valence-corrected chi connectivity index (χ2v) is 11.9. The van der Waals surface area contributed by atoms with E-state index in [2.05, 4.69) is 15.0 Å². The van der Waals surface area contributed by atoms with Crippen LogP contribution in [0.5, 0.6) is 0 Å². The van der Waals surface area contributed by atoms with E-state index in [1.165, 1.54) is 36.7 Å². The van der Waals surface area contributed by atoms with Gasteiger partial charge in [0.1, 0.15) is 0 Å². The number of anilines is 1. The molecule has 3 aromatic carbocycles. The number of nitrogens with zero attached hydrogens (tertiary/aromatic N) is 2. The molecule has 8 nitrogen and oxygen atoms in total. The lowest BCUT2D eigenvalue weighted by molar-refractivity contribution is -0.606. The number of hydrogen-bond acceptors (Lipinski definition) is 6. The summed E-state index contributed by atoms with van der Waals surface area (Å²) in [6.45, 7) is 0.857. The van der Waals surface area contributed by atoms with Crippen molar-refractivity contribution in [3.8, 4) is 0 Å². The number of aliphatic hydroxyl groups excluding tert-OH is 1. The highest BCUT2D eigenvalue weighted by Crippen LogP contribution is 2.32. The van der Waals surface area contributed by atoms with Crippen molar-refractivity contribution in [2.45, 2.75) is 30.0 Å². The maximum Gasteiger partial charge on any atom is 0.416 e. The number of allylic oxidation sites excluding steroid dienone is 1. The fourth-order valence-corrected chi connectivity index (χ4v) is 5.72. The number of hydrogen-bond donors (Lipinski definition) is 3. The van der Waals surface area contributed by atoms with Crippen LogP contribution in [-0.4, -0.2) is 32.3 Å². The van der Waals surface area contributed by atoms with Crippen molar-refractivity contribution in [2.75, 3.05) is 17.8 Å². The first-order valence-electron chi connectivity index (χ1n) is 13.7. The molecule has 12 heteroatoms. The summed E-state index contributed by atoms with van der Waals surface area (Å²) < 4.78 is 67.7. The number of rotatable bonds is 11. The van der Waals surface area contributed by atoms with E-state index in [9.17, 15) is 31.9 Å². The molecule has 228 valence electrons. The second kappa shape index (κ2) is 13.0. The first kappa shape index (κ1) is 30.9. The van der Waals surface area contributed by atoms with Gasteiger partial charge in [-0.05, 0) is 72.1 Å². The molecular formula is C32H29F3N4O4S. The topological polar surface area (TPSA) is 118 Å². The zero-order valence-corrected chi connectivity index (χ0v) is 24.1. The summed E-state index contributed by atoms with van der Waals surface area (Å²) >= 11 is 0. The van der Waals surface area contributed by atoms with Crippen molar-refractivity contribution in [3.05, 3.63) is 136 Å². The maximum atomic E-state index is 13.0. The van der Waals surface area contributed by atoms with Crippen LogP contribution in [0.15, 0.2) is 113 Å². The van der Waals surface area contributed by atoms with Crippen LogP contribution in [0.2, 0.25) is 0 Å². The summed E-state index contributed by atoms with van der Waals surface area (Å²) in [5.41, 5.74) is 3.71. The van der Waals surface area contributed by atoms with Crippen molar-refractivity contribution in [2.24, 2.45) is 4.99 Å². The second-order valence-electron chi connectivity index (χ2n) is 10.2. The molecule has 0 saturated heterocycles. The molecule has 1 aliphatic heterocycles. The van der Waals surface area contributed by atoms with Crippen molar-refractivity contribution in [1.82, 2.24) is 5.32 Å². The molecule has 1 atom stereocenters. The van der Waals surface area contributed by atoms with E-state index in [0.29, 0.717) is 57.9 Å². The molecule has 5 rings (SSSR count). The average molecular weight is 623 g/mol. The number of nitrogens with one attached hydrogen (secondary N) is 2. The number of sulfonamides is 1. The number of halogens is 3. The molecule has 2 heterocycles. The van der Waals surface area contributed by atoms with E-state index in [1.54, 1.807) is 36.4 Å². The van der Waals surface area contributed by atoms with Gasteiger partial charge in [-0.1, -0.05) is 42.5 Å². The molecule has 0 saturated carbocycles. The summed E-state index contributed by atoms with van der Waals surface area (Å²) in [4.78, 5) is 4.62. The van der Waals surface area contributed by atoms with Crippen LogP contribution < -0.4 is 14.8 Å². The van der Waals surface area contributed by atoms with Gasteiger partial charge in [0.2, 0.25) is 0 Å². The molecule has 0 fully saturated rings. The summed E-state index contributed by atoms with van der Waals surface area (Å²) in [7, 11) is -3.86. The number of aliphatic hydroxyl groups is 1. The lowest BCUT2D eigenvalue weighted by Crippen LogP contribution is -2.28. The number of alkyl halides is 3. The average Bonchev–Trinajstić information content (AvgIpc) is 3.50. The minimum absolute atomic E-state index is 0.0727. The minimum Gasteiger partial charge on any atom is -0.619 e. The molecule has 0 bridgehead atoms. The van der Waals surface area contributed by atoms with Crippen molar-refractivity contribution < 1.29 is 31.4 Å². The molecule has 0 amide bonds. The Bertz CT molecular complexity index is 1770. The van der Waals surface area contributed by atoms with Gasteiger partial charge in [-0.15, -0.1) is 0 Å². The van der Waals surface area contributed by atoms with Gasteiger partial charge in [-0.2, -0.15) is 17.9 Å². The third-order valence-electron chi connectivity index (χ3n) is 7.07. The van der Waals surface area contributed by atoms with Crippen molar-refractivity contribution in [1.29, 1.82) is 0 Å². The summed E-state index contributed by atoms with van der Waals surface area (Å²) in [6.07, 6.45) is 0.399. The molecule has 4 aromatic rings. The molecule has 0 aliphatic carbocycles. The zero-order valence-electron chi connectivity index (χ0n) is 23.3. The third-order valence-corrected chi connectivity index (χ3v) is 8.46. The molecule has 1 aliphatic rings. The Hall–Kier alpha value is -4.52. The molecule has 1 aromatic heterocycles. The first-order chi connectivity index (χ1) is 21.0. The van der Waals surface area contributed by atoms with Crippen LogP contribution in [0.1, 0.15) is 40.3 Å². The van der Waals surface area contributed by atoms with Crippen molar-refractivity contribution in [3.63, 3.8) is 0 Å². The summed E-state index contributed by atoms with van der Waals surface area (Å²) in [5.74, 6) is 0. The van der Waals surface area contributed by atoms with E-state index < -0.39 is 27.9 Å². The van der Waals surface area contributed by atoms with Crippen LogP contribution in [-0.2, 0) is 22.6 Å². The Labute approximate surface area is 252 Å². The third kappa shape index (κ3) is 7.70. The van der Waals surface area contributed by atoms with Crippen LogP contribution in [0.3, 0.4) is 0 Å². The minimum atomic E-state index is -4.41. The van der Waals surface area contributed by atoms with E-state index in [4.69, 9.17) is 0 Å². The number of aromatic nitrogens is 1. The molecule has 0 radical (unpaired) electrons. The standard InChI is InChI=1S/C32H29F3N4O4S/c33-32(34,35)26-9-5-23(6-10-26)29-15-16-30(37-29)24-7-13-28(14-8-24)44(42,43)38-27-11-3-22(4-12-27)17-18-36-20-31(40)25-2-1-19-39(41)21-25/h1-15,19,21,31,36,38,40H,16-18,20H2. The summed E-state index contributed by atoms with van der Waals surface area (Å²) in [5, 5.41) is 24.7. The van der Waals surface area contributed by atoms with Crippen LogP contribution in [0.4, 0.5) is 18.9 Å². The van der Waals surface area contributed by atoms with Gasteiger partial charge in [-0.3, -0.25) is 9.71 Å². The highest BCUT2D eigenvalue weighted by molar-refractivity contribution is 7.92. The van der Waals surface area contributed by atoms with E-state index in [1.807, 2.05) is 18.2 Å². The lowest BCUT2D eigenvalue weighted by Gasteiger charge is -2.12. The smallest absolute Gasteiger partial charge is 0.416 e. The Morgan fingerprint density at radius 2 is 1.64 bits per heavy atom. The van der Waals surface area contributed by atoms with Gasteiger partial charge in [0.05, 0.1) is 28.0 Å². The van der Waals surface area contributed by atoms with E-state index in [0.717, 1.165) is 17.7 Å². The van der Waals surface area contributed by atoms with E-state index >= 15 is 0 Å². The predicted molar refractivity (Wildman–Crippen MR) is 161 cm³/mol. The Morgan fingerprint density at radius 1 is 0.955 bits per heavy atom. The Morgan fingerprint density at radius 3 is 2.30 bits per heavy atom. The maximum absolute atomic E-state index is 13.0. The predicted octanol–water partition coefficient (Wildman–Crippen LogP) is 5.24. The SMILES string of the molecule is O=S(=O)(Nc1ccc(CCNCC(O)c2ccc[n+]([O-])c2)cc1)c1ccc(C2=NC(c3ccc(C(F)(F)F)cc3)=CC2)cc1. The largest absolute Gasteiger partial charge is 0.619 e. The van der Waals surface area contributed by atoms with Crippen LogP contribution in [0.25, 0.3) is 5.70 Å². The summed E-state index contributed by atoms with van der Waals surface area (Å²) in [6, 6.07) is 21.3. The number of pyridine rings is 1.